The molecule has 2 aromatic rings. The van der Waals surface area contributed by atoms with Gasteiger partial charge in [0.1, 0.15) is 18.2 Å². The fourth-order valence-electron chi connectivity index (χ4n) is 1.94. The van der Waals surface area contributed by atoms with Gasteiger partial charge in [-0.1, -0.05) is 11.6 Å². The number of ketones is 1. The Morgan fingerprint density at radius 2 is 2.16 bits per heavy atom. The smallest absolute Gasteiger partial charge is 0.163 e. The molecular formula is C15H18N2O2. The maximum atomic E-state index is 11.6. The van der Waals surface area contributed by atoms with Gasteiger partial charge in [0.05, 0.1) is 12.1 Å². The molecule has 0 radical (unpaired) electrons. The van der Waals surface area contributed by atoms with Crippen LogP contribution in [0.4, 0.5) is 0 Å². The van der Waals surface area contributed by atoms with Gasteiger partial charge in [-0.25, -0.2) is 4.98 Å². The van der Waals surface area contributed by atoms with Gasteiger partial charge in [0, 0.05) is 12.4 Å². The van der Waals surface area contributed by atoms with E-state index in [0.29, 0.717) is 17.9 Å². The number of nitrogens with zero attached hydrogens (tertiary/aromatic N) is 2. The first-order valence-electron chi connectivity index (χ1n) is 6.30. The summed E-state index contributed by atoms with van der Waals surface area (Å²) >= 11 is 0. The first-order valence-corrected chi connectivity index (χ1v) is 6.30. The first kappa shape index (κ1) is 13.3. The predicted molar refractivity (Wildman–Crippen MR) is 73.6 cm³/mol. The molecule has 2 rings (SSSR count). The third-order valence-corrected chi connectivity index (χ3v) is 3.03. The van der Waals surface area contributed by atoms with Crippen molar-refractivity contribution >= 4 is 5.78 Å². The largest absolute Gasteiger partial charge is 0.491 e. The van der Waals surface area contributed by atoms with E-state index in [4.69, 9.17) is 4.74 Å². The molecule has 4 heteroatoms. The van der Waals surface area contributed by atoms with Crippen molar-refractivity contribution < 1.29 is 9.53 Å². The summed E-state index contributed by atoms with van der Waals surface area (Å²) in [4.78, 5) is 15.7. The Morgan fingerprint density at radius 1 is 1.37 bits per heavy atom. The standard InChI is InChI=1S/C15H18N2O2/c1-11-4-5-15(14(10-11)12(2)18)19-9-8-17-7-6-16-13(17)3/h4-7,10H,8-9H2,1-3H3. The molecule has 0 bridgehead atoms. The Kier molecular flexibility index (Phi) is 4.00. The quantitative estimate of drug-likeness (QED) is 0.775. The number of hydrogen-bond donors (Lipinski definition) is 0. The highest BCUT2D eigenvalue weighted by atomic mass is 16.5. The lowest BCUT2D eigenvalue weighted by Gasteiger charge is -2.11. The highest BCUT2D eigenvalue weighted by Gasteiger charge is 2.08. The Hall–Kier alpha value is -2.10. The van der Waals surface area contributed by atoms with E-state index in [-0.39, 0.29) is 5.78 Å². The number of rotatable bonds is 5. The van der Waals surface area contributed by atoms with Crippen molar-refractivity contribution in [1.82, 2.24) is 9.55 Å². The zero-order valence-corrected chi connectivity index (χ0v) is 11.5. The number of Topliss-reactive ketones (excluding diaryl/α,β-unsaturated/α-hetero) is 1. The highest BCUT2D eigenvalue weighted by Crippen LogP contribution is 2.20. The van der Waals surface area contributed by atoms with Crippen molar-refractivity contribution in [1.29, 1.82) is 0 Å². The summed E-state index contributed by atoms with van der Waals surface area (Å²) in [5.41, 5.74) is 1.70. The molecule has 0 saturated heterocycles. The number of carbonyl (C=O) groups excluding carboxylic acids is 1. The SMILES string of the molecule is CC(=O)c1cc(C)ccc1OCCn1ccnc1C. The monoisotopic (exact) mass is 258 g/mol. The molecule has 0 atom stereocenters. The minimum absolute atomic E-state index is 0.0255. The van der Waals surface area contributed by atoms with Gasteiger partial charge < -0.3 is 9.30 Å². The fourth-order valence-corrected chi connectivity index (χ4v) is 1.94. The van der Waals surface area contributed by atoms with E-state index in [0.717, 1.165) is 17.9 Å². The zero-order valence-electron chi connectivity index (χ0n) is 11.5. The Bertz CT molecular complexity index is 588. The van der Waals surface area contributed by atoms with Crippen LogP contribution in [0.5, 0.6) is 5.75 Å². The lowest BCUT2D eigenvalue weighted by Crippen LogP contribution is -2.10. The van der Waals surface area contributed by atoms with Crippen molar-refractivity contribution in [3.8, 4) is 5.75 Å². The lowest BCUT2D eigenvalue weighted by molar-refractivity contribution is 0.101. The molecule has 0 spiro atoms. The number of aromatic nitrogens is 2. The van der Waals surface area contributed by atoms with Crippen LogP contribution in [-0.2, 0) is 6.54 Å². The van der Waals surface area contributed by atoms with Gasteiger partial charge >= 0.3 is 0 Å². The van der Waals surface area contributed by atoms with E-state index in [9.17, 15) is 4.79 Å². The molecule has 0 saturated carbocycles. The van der Waals surface area contributed by atoms with Gasteiger partial charge in [-0.3, -0.25) is 4.79 Å². The fraction of sp³-hybridized carbons (Fsp3) is 0.333. The van der Waals surface area contributed by atoms with Gasteiger partial charge in [-0.05, 0) is 32.9 Å². The molecule has 1 aromatic heterocycles. The third kappa shape index (κ3) is 3.22. The number of ether oxygens (including phenoxy) is 1. The van der Waals surface area contributed by atoms with E-state index in [1.54, 1.807) is 13.1 Å². The summed E-state index contributed by atoms with van der Waals surface area (Å²) in [6.45, 7) is 6.71. The summed E-state index contributed by atoms with van der Waals surface area (Å²) < 4.78 is 7.73. The molecule has 0 aliphatic rings. The van der Waals surface area contributed by atoms with Crippen LogP contribution in [0, 0.1) is 13.8 Å². The molecule has 0 aliphatic heterocycles. The predicted octanol–water partition coefficient (Wildman–Crippen LogP) is 2.78. The molecule has 0 aliphatic carbocycles. The summed E-state index contributed by atoms with van der Waals surface area (Å²) in [6.07, 6.45) is 3.68. The number of hydrogen-bond acceptors (Lipinski definition) is 3. The normalized spacial score (nSPS) is 10.5. The van der Waals surface area contributed by atoms with Crippen molar-refractivity contribution in [2.75, 3.05) is 6.61 Å². The van der Waals surface area contributed by atoms with Crippen LogP contribution in [0.1, 0.15) is 28.7 Å². The molecular weight excluding hydrogens is 240 g/mol. The van der Waals surface area contributed by atoms with E-state index in [1.165, 1.54) is 0 Å². The summed E-state index contributed by atoms with van der Waals surface area (Å²) in [5.74, 6) is 1.63. The molecule has 0 amide bonds. The maximum Gasteiger partial charge on any atom is 0.163 e. The van der Waals surface area contributed by atoms with Crippen molar-refractivity contribution in [2.45, 2.75) is 27.3 Å². The van der Waals surface area contributed by atoms with Gasteiger partial charge in [0.2, 0.25) is 0 Å². The second-order valence-electron chi connectivity index (χ2n) is 4.57. The first-order chi connectivity index (χ1) is 9.08. The molecule has 100 valence electrons. The Balaban J connectivity index is 2.03. The van der Waals surface area contributed by atoms with Gasteiger partial charge in [0.25, 0.3) is 0 Å². The molecule has 1 aromatic carbocycles. The second kappa shape index (κ2) is 5.69. The summed E-state index contributed by atoms with van der Waals surface area (Å²) in [5, 5.41) is 0. The van der Waals surface area contributed by atoms with Crippen molar-refractivity contribution in [3.05, 3.63) is 47.5 Å². The third-order valence-electron chi connectivity index (χ3n) is 3.03. The number of aryl methyl sites for hydroxylation is 2. The molecule has 0 fully saturated rings. The molecule has 0 N–H and O–H groups in total. The average Bonchev–Trinajstić information content (AvgIpc) is 2.77. The molecule has 0 unspecified atom stereocenters. The number of carbonyl (C=O) groups is 1. The van der Waals surface area contributed by atoms with Gasteiger partial charge in [-0.2, -0.15) is 0 Å². The minimum Gasteiger partial charge on any atom is -0.491 e. The van der Waals surface area contributed by atoms with Crippen LogP contribution < -0.4 is 4.74 Å². The van der Waals surface area contributed by atoms with Crippen LogP contribution >= 0.6 is 0 Å². The van der Waals surface area contributed by atoms with E-state index in [1.807, 2.05) is 42.8 Å². The van der Waals surface area contributed by atoms with Crippen LogP contribution in [0.2, 0.25) is 0 Å². The minimum atomic E-state index is 0.0255. The molecule has 4 nitrogen and oxygen atoms in total. The van der Waals surface area contributed by atoms with Crippen LogP contribution in [0.25, 0.3) is 0 Å². The second-order valence-corrected chi connectivity index (χ2v) is 4.57. The summed E-state index contributed by atoms with van der Waals surface area (Å²) in [7, 11) is 0. The van der Waals surface area contributed by atoms with Crippen LogP contribution in [0.15, 0.2) is 30.6 Å². The zero-order chi connectivity index (χ0) is 13.8. The Labute approximate surface area is 113 Å². The number of benzene rings is 1. The Morgan fingerprint density at radius 3 is 2.79 bits per heavy atom. The summed E-state index contributed by atoms with van der Waals surface area (Å²) in [6, 6.07) is 5.66. The van der Waals surface area contributed by atoms with Crippen molar-refractivity contribution in [2.24, 2.45) is 0 Å². The van der Waals surface area contributed by atoms with Gasteiger partial charge in [-0.15, -0.1) is 0 Å². The molecule has 1 heterocycles. The topological polar surface area (TPSA) is 44.1 Å². The highest BCUT2D eigenvalue weighted by molar-refractivity contribution is 5.97. The van der Waals surface area contributed by atoms with E-state index < -0.39 is 0 Å². The van der Waals surface area contributed by atoms with E-state index in [2.05, 4.69) is 4.98 Å². The van der Waals surface area contributed by atoms with Crippen LogP contribution in [-0.4, -0.2) is 21.9 Å². The maximum absolute atomic E-state index is 11.6. The van der Waals surface area contributed by atoms with Gasteiger partial charge in [0.15, 0.2) is 5.78 Å². The van der Waals surface area contributed by atoms with E-state index >= 15 is 0 Å². The van der Waals surface area contributed by atoms with Crippen molar-refractivity contribution in [3.63, 3.8) is 0 Å². The average molecular weight is 258 g/mol. The lowest BCUT2D eigenvalue weighted by atomic mass is 10.1. The molecule has 19 heavy (non-hydrogen) atoms. The number of imidazole rings is 1. The van der Waals surface area contributed by atoms with Crippen LogP contribution in [0.3, 0.4) is 0 Å².